The highest BCUT2D eigenvalue weighted by Gasteiger charge is 2.16. The summed E-state index contributed by atoms with van der Waals surface area (Å²) in [4.78, 5) is 12.0. The van der Waals surface area contributed by atoms with E-state index in [1.54, 1.807) is 24.3 Å². The van der Waals surface area contributed by atoms with Crippen molar-refractivity contribution in [3.63, 3.8) is 0 Å². The Morgan fingerprint density at radius 1 is 1.23 bits per heavy atom. The van der Waals surface area contributed by atoms with Crippen molar-refractivity contribution in [3.8, 4) is 5.75 Å². The summed E-state index contributed by atoms with van der Waals surface area (Å²) in [5, 5.41) is 12.7. The summed E-state index contributed by atoms with van der Waals surface area (Å²) in [6, 6.07) is 14.7. The second-order valence-corrected chi connectivity index (χ2v) is 5.06. The molecule has 2 aromatic carbocycles. The Labute approximate surface area is 130 Å². The first-order valence-corrected chi connectivity index (χ1v) is 7.35. The molecular formula is C18H21NO3. The number of benzene rings is 2. The van der Waals surface area contributed by atoms with Crippen LogP contribution in [0.5, 0.6) is 5.75 Å². The number of ether oxygens (including phenoxy) is 1. The fourth-order valence-corrected chi connectivity index (χ4v) is 2.21. The molecule has 22 heavy (non-hydrogen) atoms. The van der Waals surface area contributed by atoms with Gasteiger partial charge in [-0.15, -0.1) is 0 Å². The summed E-state index contributed by atoms with van der Waals surface area (Å²) in [6.45, 7) is 4.91. The molecule has 2 aromatic rings. The molecule has 1 atom stereocenters. The predicted octanol–water partition coefficient (Wildman–Crippen LogP) is 2.74. The van der Waals surface area contributed by atoms with E-state index in [0.29, 0.717) is 18.7 Å². The Kier molecular flexibility index (Phi) is 5.55. The van der Waals surface area contributed by atoms with E-state index in [1.165, 1.54) is 0 Å². The van der Waals surface area contributed by atoms with Gasteiger partial charge in [0.1, 0.15) is 5.75 Å². The molecule has 0 bridgehead atoms. The number of aryl methyl sites for hydroxylation is 1. The van der Waals surface area contributed by atoms with E-state index in [9.17, 15) is 9.90 Å². The zero-order valence-electron chi connectivity index (χ0n) is 12.9. The molecule has 0 fully saturated rings. The number of hydrogen-bond acceptors (Lipinski definition) is 3. The Bertz CT molecular complexity index is 625. The van der Waals surface area contributed by atoms with Gasteiger partial charge in [-0.25, -0.2) is 0 Å². The smallest absolute Gasteiger partial charge is 0.253 e. The van der Waals surface area contributed by atoms with E-state index in [0.717, 1.165) is 16.9 Å². The zero-order valence-corrected chi connectivity index (χ0v) is 12.9. The van der Waals surface area contributed by atoms with Gasteiger partial charge < -0.3 is 15.2 Å². The Morgan fingerprint density at radius 2 is 1.95 bits per heavy atom. The lowest BCUT2D eigenvalue weighted by molar-refractivity contribution is -0.129. The van der Waals surface area contributed by atoms with Crippen molar-refractivity contribution in [1.29, 1.82) is 0 Å². The minimum absolute atomic E-state index is 0.371. The van der Waals surface area contributed by atoms with Gasteiger partial charge in [-0.05, 0) is 36.6 Å². The molecule has 0 aliphatic heterocycles. The Hall–Kier alpha value is -2.33. The van der Waals surface area contributed by atoms with E-state index < -0.39 is 12.0 Å². The van der Waals surface area contributed by atoms with Crippen LogP contribution >= 0.6 is 0 Å². The van der Waals surface area contributed by atoms with E-state index in [1.807, 2.05) is 38.1 Å². The number of amides is 1. The lowest BCUT2D eigenvalue weighted by Crippen LogP contribution is -2.28. The molecule has 2 rings (SSSR count). The second kappa shape index (κ2) is 7.61. The fourth-order valence-electron chi connectivity index (χ4n) is 2.21. The van der Waals surface area contributed by atoms with Crippen LogP contribution in [-0.2, 0) is 11.3 Å². The molecule has 1 amide bonds. The summed E-state index contributed by atoms with van der Waals surface area (Å²) in [7, 11) is 0. The van der Waals surface area contributed by atoms with Gasteiger partial charge in [-0.3, -0.25) is 4.79 Å². The summed E-state index contributed by atoms with van der Waals surface area (Å²) in [5.41, 5.74) is 2.58. The number of aliphatic hydroxyl groups excluding tert-OH is 1. The van der Waals surface area contributed by atoms with E-state index >= 15 is 0 Å². The standard InChI is InChI=1S/C18H21NO3/c1-3-22-16-10-9-14(11-13(16)2)12-19-18(21)17(20)15-7-5-4-6-8-15/h4-11,17,20H,3,12H2,1-2H3,(H,19,21). The van der Waals surface area contributed by atoms with Crippen molar-refractivity contribution in [2.24, 2.45) is 0 Å². The molecule has 4 heteroatoms. The molecule has 0 aliphatic carbocycles. The topological polar surface area (TPSA) is 58.6 Å². The molecule has 0 aromatic heterocycles. The van der Waals surface area contributed by atoms with Crippen LogP contribution in [0.1, 0.15) is 29.7 Å². The number of rotatable bonds is 6. The van der Waals surface area contributed by atoms with E-state index in [4.69, 9.17) is 4.74 Å². The van der Waals surface area contributed by atoms with E-state index in [2.05, 4.69) is 5.32 Å². The molecule has 0 spiro atoms. The van der Waals surface area contributed by atoms with Crippen molar-refractivity contribution in [2.45, 2.75) is 26.5 Å². The maximum Gasteiger partial charge on any atom is 0.253 e. The third kappa shape index (κ3) is 4.09. The first kappa shape index (κ1) is 16.0. The first-order chi connectivity index (χ1) is 10.6. The number of carbonyl (C=O) groups is 1. The summed E-state index contributed by atoms with van der Waals surface area (Å²) in [5.74, 6) is 0.444. The molecule has 1 unspecified atom stereocenters. The van der Waals surface area contributed by atoms with Crippen molar-refractivity contribution in [1.82, 2.24) is 5.32 Å². The van der Waals surface area contributed by atoms with Gasteiger partial charge in [0.2, 0.25) is 0 Å². The van der Waals surface area contributed by atoms with Crippen LogP contribution in [0.4, 0.5) is 0 Å². The lowest BCUT2D eigenvalue weighted by atomic mass is 10.1. The molecule has 0 heterocycles. The molecule has 116 valence electrons. The van der Waals surface area contributed by atoms with Gasteiger partial charge in [0, 0.05) is 6.54 Å². The van der Waals surface area contributed by atoms with Gasteiger partial charge in [-0.2, -0.15) is 0 Å². The largest absolute Gasteiger partial charge is 0.494 e. The minimum atomic E-state index is -1.15. The number of aliphatic hydroxyl groups is 1. The average Bonchev–Trinajstić information content (AvgIpc) is 2.55. The Morgan fingerprint density at radius 3 is 2.59 bits per heavy atom. The van der Waals surface area contributed by atoms with Crippen LogP contribution in [0.3, 0.4) is 0 Å². The van der Waals surface area contributed by atoms with Crippen LogP contribution in [0.25, 0.3) is 0 Å². The van der Waals surface area contributed by atoms with Crippen molar-refractivity contribution < 1.29 is 14.6 Å². The quantitative estimate of drug-likeness (QED) is 0.862. The van der Waals surface area contributed by atoms with Gasteiger partial charge in [-0.1, -0.05) is 42.5 Å². The molecule has 0 aliphatic rings. The lowest BCUT2D eigenvalue weighted by Gasteiger charge is -2.13. The normalized spacial score (nSPS) is 11.8. The maximum absolute atomic E-state index is 12.0. The zero-order chi connectivity index (χ0) is 15.9. The van der Waals surface area contributed by atoms with Crippen LogP contribution in [-0.4, -0.2) is 17.6 Å². The monoisotopic (exact) mass is 299 g/mol. The summed E-state index contributed by atoms with van der Waals surface area (Å²) in [6.07, 6.45) is -1.15. The highest BCUT2D eigenvalue weighted by molar-refractivity contribution is 5.81. The number of hydrogen-bond donors (Lipinski definition) is 2. The SMILES string of the molecule is CCOc1ccc(CNC(=O)C(O)c2ccccc2)cc1C. The maximum atomic E-state index is 12.0. The van der Waals surface area contributed by atoms with Crippen molar-refractivity contribution >= 4 is 5.91 Å². The van der Waals surface area contributed by atoms with Gasteiger partial charge in [0.25, 0.3) is 5.91 Å². The number of nitrogens with one attached hydrogen (secondary N) is 1. The minimum Gasteiger partial charge on any atom is -0.494 e. The molecule has 0 radical (unpaired) electrons. The molecule has 0 saturated carbocycles. The van der Waals surface area contributed by atoms with Crippen molar-refractivity contribution in [3.05, 3.63) is 65.2 Å². The van der Waals surface area contributed by atoms with Gasteiger partial charge in [0.15, 0.2) is 6.10 Å². The third-order valence-corrected chi connectivity index (χ3v) is 3.37. The van der Waals surface area contributed by atoms with Crippen LogP contribution in [0.2, 0.25) is 0 Å². The molecule has 0 saturated heterocycles. The van der Waals surface area contributed by atoms with Gasteiger partial charge >= 0.3 is 0 Å². The fraction of sp³-hybridized carbons (Fsp3) is 0.278. The summed E-state index contributed by atoms with van der Waals surface area (Å²) < 4.78 is 5.49. The van der Waals surface area contributed by atoms with E-state index in [-0.39, 0.29) is 0 Å². The third-order valence-electron chi connectivity index (χ3n) is 3.37. The highest BCUT2D eigenvalue weighted by atomic mass is 16.5. The molecule has 4 nitrogen and oxygen atoms in total. The van der Waals surface area contributed by atoms with Crippen LogP contribution in [0.15, 0.2) is 48.5 Å². The summed E-state index contributed by atoms with van der Waals surface area (Å²) >= 11 is 0. The van der Waals surface area contributed by atoms with Crippen LogP contribution in [0, 0.1) is 6.92 Å². The van der Waals surface area contributed by atoms with Crippen LogP contribution < -0.4 is 10.1 Å². The highest BCUT2D eigenvalue weighted by Crippen LogP contribution is 2.19. The molecule has 2 N–H and O–H groups in total. The number of carbonyl (C=O) groups excluding carboxylic acids is 1. The predicted molar refractivity (Wildman–Crippen MR) is 85.6 cm³/mol. The average molecular weight is 299 g/mol. The second-order valence-electron chi connectivity index (χ2n) is 5.06. The molecular weight excluding hydrogens is 278 g/mol. The first-order valence-electron chi connectivity index (χ1n) is 7.35. The Balaban J connectivity index is 1.95. The van der Waals surface area contributed by atoms with Crippen molar-refractivity contribution in [2.75, 3.05) is 6.61 Å². The van der Waals surface area contributed by atoms with Gasteiger partial charge in [0.05, 0.1) is 6.61 Å².